The van der Waals surface area contributed by atoms with Gasteiger partial charge in [-0.1, -0.05) is 32.1 Å². The lowest BCUT2D eigenvalue weighted by Gasteiger charge is -2.19. The van der Waals surface area contributed by atoms with Crippen molar-refractivity contribution in [2.75, 3.05) is 13.2 Å². The third-order valence-corrected chi connectivity index (χ3v) is 3.08. The lowest BCUT2D eigenvalue weighted by atomic mass is 10.0. The van der Waals surface area contributed by atoms with Gasteiger partial charge in [0.1, 0.15) is 5.75 Å². The number of unbranched alkanes of at least 4 members (excludes halogenated alkanes) is 1. The van der Waals surface area contributed by atoms with Crippen molar-refractivity contribution >= 4 is 0 Å². The Labute approximate surface area is 117 Å². The summed E-state index contributed by atoms with van der Waals surface area (Å²) in [6.07, 6.45) is 6.41. The average molecular weight is 261 g/mol. The molecule has 1 aromatic rings. The molecule has 1 atom stereocenters. The van der Waals surface area contributed by atoms with Crippen LogP contribution >= 0.6 is 0 Å². The minimum absolute atomic E-state index is 0.412. The lowest BCUT2D eigenvalue weighted by molar-refractivity contribution is 0.316. The molecule has 1 N–H and O–H groups in total. The quantitative estimate of drug-likeness (QED) is 0.495. The molecule has 0 saturated carbocycles. The summed E-state index contributed by atoms with van der Waals surface area (Å²) >= 11 is 0. The smallest absolute Gasteiger partial charge is 0.119 e. The summed E-state index contributed by atoms with van der Waals surface area (Å²) in [6.45, 7) is 9.83. The Kier molecular flexibility index (Phi) is 7.99. The number of hydrogen-bond donors (Lipinski definition) is 1. The summed E-state index contributed by atoms with van der Waals surface area (Å²) in [7, 11) is 0. The molecule has 0 heterocycles. The molecule has 1 rings (SSSR count). The summed E-state index contributed by atoms with van der Waals surface area (Å²) in [5.41, 5.74) is 1.32. The van der Waals surface area contributed by atoms with Crippen LogP contribution in [0.2, 0.25) is 0 Å². The molecule has 106 valence electrons. The van der Waals surface area contributed by atoms with Gasteiger partial charge in [0, 0.05) is 6.04 Å². The van der Waals surface area contributed by atoms with Gasteiger partial charge < -0.3 is 10.1 Å². The van der Waals surface area contributed by atoms with Crippen molar-refractivity contribution in [3.05, 3.63) is 42.5 Å². The van der Waals surface area contributed by atoms with Gasteiger partial charge in [0.05, 0.1) is 6.61 Å². The number of rotatable bonds is 10. The van der Waals surface area contributed by atoms with Gasteiger partial charge in [-0.15, -0.1) is 6.58 Å². The van der Waals surface area contributed by atoms with Crippen molar-refractivity contribution in [1.29, 1.82) is 0 Å². The summed E-state index contributed by atoms with van der Waals surface area (Å²) in [5.74, 6) is 0.978. The number of benzene rings is 1. The molecule has 0 spiro atoms. The van der Waals surface area contributed by atoms with E-state index in [0.717, 1.165) is 38.2 Å². The van der Waals surface area contributed by atoms with Crippen LogP contribution in [0.25, 0.3) is 0 Å². The summed E-state index contributed by atoms with van der Waals surface area (Å²) in [4.78, 5) is 0. The maximum absolute atomic E-state index is 5.71. The van der Waals surface area contributed by atoms with Crippen molar-refractivity contribution < 1.29 is 4.74 Å². The normalized spacial score (nSPS) is 12.1. The second-order valence-electron chi connectivity index (χ2n) is 4.75. The van der Waals surface area contributed by atoms with Crippen LogP contribution in [0.5, 0.6) is 5.75 Å². The lowest BCUT2D eigenvalue weighted by Crippen LogP contribution is -2.20. The fourth-order valence-electron chi connectivity index (χ4n) is 2.14. The molecular weight excluding hydrogens is 234 g/mol. The van der Waals surface area contributed by atoms with Gasteiger partial charge in [-0.3, -0.25) is 0 Å². The molecule has 1 unspecified atom stereocenters. The van der Waals surface area contributed by atoms with E-state index in [1.54, 1.807) is 0 Å². The highest BCUT2D eigenvalue weighted by Gasteiger charge is 2.10. The van der Waals surface area contributed by atoms with E-state index in [1.807, 2.05) is 12.1 Å². The molecular formula is C17H27NO. The molecule has 0 aliphatic rings. The Morgan fingerprint density at radius 2 is 2.21 bits per heavy atom. The highest BCUT2D eigenvalue weighted by molar-refractivity contribution is 5.30. The van der Waals surface area contributed by atoms with E-state index >= 15 is 0 Å². The minimum atomic E-state index is 0.412. The topological polar surface area (TPSA) is 21.3 Å². The molecule has 0 radical (unpaired) electrons. The fourth-order valence-corrected chi connectivity index (χ4v) is 2.14. The first-order valence-corrected chi connectivity index (χ1v) is 7.38. The molecule has 2 heteroatoms. The molecule has 0 amide bonds. The third-order valence-electron chi connectivity index (χ3n) is 3.08. The van der Waals surface area contributed by atoms with Crippen LogP contribution in [0.4, 0.5) is 0 Å². The zero-order valence-electron chi connectivity index (χ0n) is 12.3. The number of nitrogens with one attached hydrogen (secondary N) is 1. The molecule has 0 saturated heterocycles. The first kappa shape index (κ1) is 15.8. The SMILES string of the molecule is C=CCCCC(NCC)c1cccc(OCCC)c1. The predicted octanol–water partition coefficient (Wildman–Crippen LogP) is 4.48. The summed E-state index contributed by atoms with van der Waals surface area (Å²) in [6, 6.07) is 8.87. The third kappa shape index (κ3) is 5.93. The van der Waals surface area contributed by atoms with E-state index in [1.165, 1.54) is 12.0 Å². The van der Waals surface area contributed by atoms with Crippen LogP contribution in [0.3, 0.4) is 0 Å². The second-order valence-corrected chi connectivity index (χ2v) is 4.75. The van der Waals surface area contributed by atoms with E-state index < -0.39 is 0 Å². The van der Waals surface area contributed by atoms with Crippen molar-refractivity contribution in [2.24, 2.45) is 0 Å². The minimum Gasteiger partial charge on any atom is -0.494 e. The van der Waals surface area contributed by atoms with Gasteiger partial charge in [-0.25, -0.2) is 0 Å². The van der Waals surface area contributed by atoms with Gasteiger partial charge in [0.25, 0.3) is 0 Å². The molecule has 19 heavy (non-hydrogen) atoms. The van der Waals surface area contributed by atoms with Gasteiger partial charge in [-0.2, -0.15) is 0 Å². The highest BCUT2D eigenvalue weighted by Crippen LogP contribution is 2.23. The maximum atomic E-state index is 5.71. The van der Waals surface area contributed by atoms with E-state index in [9.17, 15) is 0 Å². The van der Waals surface area contributed by atoms with Crippen molar-refractivity contribution in [2.45, 2.75) is 45.6 Å². The highest BCUT2D eigenvalue weighted by atomic mass is 16.5. The molecule has 2 nitrogen and oxygen atoms in total. The van der Waals surface area contributed by atoms with Crippen LogP contribution in [-0.2, 0) is 0 Å². The van der Waals surface area contributed by atoms with Crippen LogP contribution in [-0.4, -0.2) is 13.2 Å². The number of allylic oxidation sites excluding steroid dienone is 1. The van der Waals surface area contributed by atoms with Gasteiger partial charge in [0.2, 0.25) is 0 Å². The predicted molar refractivity (Wildman–Crippen MR) is 82.7 cm³/mol. The zero-order chi connectivity index (χ0) is 13.9. The molecule has 1 aromatic carbocycles. The largest absolute Gasteiger partial charge is 0.494 e. The Hall–Kier alpha value is -1.28. The van der Waals surface area contributed by atoms with E-state index in [4.69, 9.17) is 4.74 Å². The van der Waals surface area contributed by atoms with Gasteiger partial charge in [-0.05, 0) is 49.9 Å². The standard InChI is InChI=1S/C17H27NO/c1-4-7-8-12-17(18-6-3)15-10-9-11-16(14-15)19-13-5-2/h4,9-11,14,17-18H,1,5-8,12-13H2,2-3H3. The molecule has 0 fully saturated rings. The van der Waals surface area contributed by atoms with E-state index in [-0.39, 0.29) is 0 Å². The molecule has 0 aromatic heterocycles. The molecule has 0 bridgehead atoms. The number of hydrogen-bond acceptors (Lipinski definition) is 2. The Morgan fingerprint density at radius 3 is 2.89 bits per heavy atom. The first-order valence-electron chi connectivity index (χ1n) is 7.38. The second kappa shape index (κ2) is 9.62. The summed E-state index contributed by atoms with van der Waals surface area (Å²) < 4.78 is 5.71. The summed E-state index contributed by atoms with van der Waals surface area (Å²) in [5, 5.41) is 3.55. The van der Waals surface area contributed by atoms with E-state index in [0.29, 0.717) is 6.04 Å². The van der Waals surface area contributed by atoms with Crippen molar-refractivity contribution in [3.63, 3.8) is 0 Å². The Balaban J connectivity index is 2.68. The monoisotopic (exact) mass is 261 g/mol. The fraction of sp³-hybridized carbons (Fsp3) is 0.529. The van der Waals surface area contributed by atoms with Crippen molar-refractivity contribution in [1.82, 2.24) is 5.32 Å². The van der Waals surface area contributed by atoms with Crippen molar-refractivity contribution in [3.8, 4) is 5.75 Å². The zero-order valence-corrected chi connectivity index (χ0v) is 12.3. The van der Waals surface area contributed by atoms with E-state index in [2.05, 4.69) is 43.9 Å². The van der Waals surface area contributed by atoms with Gasteiger partial charge in [0.15, 0.2) is 0 Å². The van der Waals surface area contributed by atoms with Gasteiger partial charge >= 0.3 is 0 Å². The average Bonchev–Trinajstić information content (AvgIpc) is 2.45. The van der Waals surface area contributed by atoms with Crippen LogP contribution in [0, 0.1) is 0 Å². The van der Waals surface area contributed by atoms with Crippen LogP contribution in [0.15, 0.2) is 36.9 Å². The Bertz CT molecular complexity index is 362. The number of ether oxygens (including phenoxy) is 1. The molecule has 0 aliphatic carbocycles. The Morgan fingerprint density at radius 1 is 1.37 bits per heavy atom. The molecule has 0 aliphatic heterocycles. The first-order chi connectivity index (χ1) is 9.31. The van der Waals surface area contributed by atoms with Crippen LogP contribution in [0.1, 0.15) is 51.1 Å². The maximum Gasteiger partial charge on any atom is 0.119 e. The van der Waals surface area contributed by atoms with Crippen LogP contribution < -0.4 is 10.1 Å².